The van der Waals surface area contributed by atoms with Crippen molar-refractivity contribution in [3.05, 3.63) is 12.3 Å². The summed E-state index contributed by atoms with van der Waals surface area (Å²) >= 11 is 0. The van der Waals surface area contributed by atoms with E-state index in [1.54, 1.807) is 0 Å². The number of carbonyl (C=O) groups excluding carboxylic acids is 1. The standard InChI is InChI=1S/C6H10N2O/c1-6(7-5-9)4-8(2)3/h1,4H2,2-3H3. The molecule has 0 unspecified atom stereocenters. The van der Waals surface area contributed by atoms with Gasteiger partial charge in [0, 0.05) is 6.54 Å². The van der Waals surface area contributed by atoms with Crippen molar-refractivity contribution in [1.29, 1.82) is 0 Å². The fourth-order valence-corrected chi connectivity index (χ4v) is 0.465. The van der Waals surface area contributed by atoms with E-state index in [9.17, 15) is 4.79 Å². The van der Waals surface area contributed by atoms with Gasteiger partial charge in [0.15, 0.2) is 0 Å². The minimum Gasteiger partial charge on any atom is -0.304 e. The maximum atomic E-state index is 9.63. The number of hydrogen-bond acceptors (Lipinski definition) is 3. The average Bonchev–Trinajstić information content (AvgIpc) is 1.63. The van der Waals surface area contributed by atoms with Crippen molar-refractivity contribution < 1.29 is 4.79 Å². The molecule has 0 atom stereocenters. The van der Waals surface area contributed by atoms with E-state index in [0.717, 1.165) is 0 Å². The number of rotatable bonds is 3. The molecule has 0 fully saturated rings. The molecule has 9 heavy (non-hydrogen) atoms. The zero-order chi connectivity index (χ0) is 7.28. The van der Waals surface area contributed by atoms with Gasteiger partial charge in [0.2, 0.25) is 6.08 Å². The average molecular weight is 126 g/mol. The zero-order valence-corrected chi connectivity index (χ0v) is 5.72. The van der Waals surface area contributed by atoms with Crippen molar-refractivity contribution in [2.24, 2.45) is 4.99 Å². The van der Waals surface area contributed by atoms with Gasteiger partial charge in [-0.05, 0) is 14.1 Å². The molecule has 3 nitrogen and oxygen atoms in total. The first kappa shape index (κ1) is 8.08. The Morgan fingerprint density at radius 2 is 2.33 bits per heavy atom. The van der Waals surface area contributed by atoms with Gasteiger partial charge >= 0.3 is 0 Å². The number of aliphatic imine (C=N–C) groups is 1. The van der Waals surface area contributed by atoms with Crippen LogP contribution < -0.4 is 0 Å². The minimum atomic E-state index is 0.537. The highest BCUT2D eigenvalue weighted by atomic mass is 16.1. The molecule has 0 aromatic rings. The number of nitrogens with zero attached hydrogens (tertiary/aromatic N) is 2. The molecule has 3 heteroatoms. The smallest absolute Gasteiger partial charge is 0.240 e. The summed E-state index contributed by atoms with van der Waals surface area (Å²) in [5.74, 6) is 0. The predicted molar refractivity (Wildman–Crippen MR) is 35.8 cm³/mol. The number of hydrogen-bond donors (Lipinski definition) is 0. The zero-order valence-electron chi connectivity index (χ0n) is 5.72. The first-order valence-corrected chi connectivity index (χ1v) is 2.57. The summed E-state index contributed by atoms with van der Waals surface area (Å²) in [7, 11) is 3.76. The van der Waals surface area contributed by atoms with Gasteiger partial charge < -0.3 is 4.90 Å². The second kappa shape index (κ2) is 4.01. The normalized spacial score (nSPS) is 8.78. The summed E-state index contributed by atoms with van der Waals surface area (Å²) in [6.07, 6.45) is 1.42. The third-order valence-corrected chi connectivity index (χ3v) is 0.702. The molecule has 0 N–H and O–H groups in total. The SMILES string of the molecule is C=C(CN(C)C)N=C=O. The largest absolute Gasteiger partial charge is 0.304 e. The Labute approximate surface area is 54.7 Å². The molecule has 0 saturated heterocycles. The first-order valence-electron chi connectivity index (χ1n) is 2.57. The molecule has 0 aromatic heterocycles. The Kier molecular flexibility index (Phi) is 3.60. The van der Waals surface area contributed by atoms with E-state index in [-0.39, 0.29) is 0 Å². The molecule has 0 saturated carbocycles. The molecule has 0 aliphatic heterocycles. The van der Waals surface area contributed by atoms with Gasteiger partial charge in [-0.1, -0.05) is 6.58 Å². The lowest BCUT2D eigenvalue weighted by Crippen LogP contribution is -2.13. The Morgan fingerprint density at radius 1 is 1.78 bits per heavy atom. The van der Waals surface area contributed by atoms with E-state index in [1.807, 2.05) is 19.0 Å². The molecule has 0 rings (SSSR count). The fraction of sp³-hybridized carbons (Fsp3) is 0.500. The highest BCUT2D eigenvalue weighted by Gasteiger charge is 1.90. The van der Waals surface area contributed by atoms with Crippen LogP contribution in [0.1, 0.15) is 0 Å². The lowest BCUT2D eigenvalue weighted by atomic mass is 10.5. The summed E-state index contributed by atoms with van der Waals surface area (Å²) < 4.78 is 0. The van der Waals surface area contributed by atoms with Gasteiger partial charge in [-0.2, -0.15) is 4.99 Å². The quantitative estimate of drug-likeness (QED) is 0.405. The van der Waals surface area contributed by atoms with E-state index in [2.05, 4.69) is 11.6 Å². The van der Waals surface area contributed by atoms with Crippen LogP contribution in [0.4, 0.5) is 0 Å². The van der Waals surface area contributed by atoms with Crippen LogP contribution >= 0.6 is 0 Å². The molecule has 0 spiro atoms. The molecular weight excluding hydrogens is 116 g/mol. The van der Waals surface area contributed by atoms with E-state index in [4.69, 9.17) is 0 Å². The van der Waals surface area contributed by atoms with Crippen LogP contribution in [-0.2, 0) is 4.79 Å². The monoisotopic (exact) mass is 126 g/mol. The summed E-state index contributed by atoms with van der Waals surface area (Å²) in [4.78, 5) is 14.8. The van der Waals surface area contributed by atoms with Crippen molar-refractivity contribution in [2.75, 3.05) is 20.6 Å². The van der Waals surface area contributed by atoms with Crippen molar-refractivity contribution in [1.82, 2.24) is 4.90 Å². The maximum absolute atomic E-state index is 9.63. The van der Waals surface area contributed by atoms with Crippen molar-refractivity contribution in [2.45, 2.75) is 0 Å². The van der Waals surface area contributed by atoms with Crippen molar-refractivity contribution in [3.63, 3.8) is 0 Å². The van der Waals surface area contributed by atoms with Gasteiger partial charge in [0.1, 0.15) is 0 Å². The van der Waals surface area contributed by atoms with Gasteiger partial charge in [0.25, 0.3) is 0 Å². The van der Waals surface area contributed by atoms with E-state index < -0.39 is 0 Å². The molecule has 0 radical (unpaired) electrons. The van der Waals surface area contributed by atoms with Crippen LogP contribution in [0.25, 0.3) is 0 Å². The van der Waals surface area contributed by atoms with Crippen LogP contribution in [0.15, 0.2) is 17.3 Å². The molecular formula is C6H10N2O. The van der Waals surface area contributed by atoms with Crippen LogP contribution in [-0.4, -0.2) is 31.6 Å². The first-order chi connectivity index (χ1) is 4.16. The summed E-state index contributed by atoms with van der Waals surface area (Å²) in [5.41, 5.74) is 0.537. The van der Waals surface area contributed by atoms with E-state index in [0.29, 0.717) is 12.2 Å². The van der Waals surface area contributed by atoms with Crippen LogP contribution in [0, 0.1) is 0 Å². The van der Waals surface area contributed by atoms with Crippen LogP contribution in [0.5, 0.6) is 0 Å². The summed E-state index contributed by atoms with van der Waals surface area (Å²) in [6, 6.07) is 0. The fourth-order valence-electron chi connectivity index (χ4n) is 0.465. The lowest BCUT2D eigenvalue weighted by Gasteiger charge is -2.05. The molecule has 0 aromatic carbocycles. The molecule has 0 bridgehead atoms. The number of isocyanates is 1. The summed E-state index contributed by atoms with van der Waals surface area (Å²) in [5, 5.41) is 0. The van der Waals surface area contributed by atoms with Gasteiger partial charge in [0.05, 0.1) is 5.70 Å². The van der Waals surface area contributed by atoms with E-state index in [1.165, 1.54) is 6.08 Å². The highest BCUT2D eigenvalue weighted by molar-refractivity contribution is 5.36. The summed E-state index contributed by atoms with van der Waals surface area (Å²) in [6.45, 7) is 4.12. The Morgan fingerprint density at radius 3 is 2.67 bits per heavy atom. The Balaban J connectivity index is 3.64. The van der Waals surface area contributed by atoms with E-state index >= 15 is 0 Å². The topological polar surface area (TPSA) is 32.7 Å². The van der Waals surface area contributed by atoms with Gasteiger partial charge in [-0.3, -0.25) is 0 Å². The van der Waals surface area contributed by atoms with Crippen LogP contribution in [0.2, 0.25) is 0 Å². The van der Waals surface area contributed by atoms with Gasteiger partial charge in [-0.15, -0.1) is 0 Å². The van der Waals surface area contributed by atoms with Crippen molar-refractivity contribution >= 4 is 6.08 Å². The Hall–Kier alpha value is -0.920. The molecule has 0 aliphatic carbocycles. The van der Waals surface area contributed by atoms with Crippen LogP contribution in [0.3, 0.4) is 0 Å². The molecule has 0 heterocycles. The molecule has 0 aliphatic rings. The second-order valence-electron chi connectivity index (χ2n) is 2.01. The number of likely N-dealkylation sites (N-methyl/N-ethyl adjacent to an activating group) is 1. The predicted octanol–water partition coefficient (Wildman–Crippen LogP) is 0.397. The third kappa shape index (κ3) is 4.94. The third-order valence-electron chi connectivity index (χ3n) is 0.702. The highest BCUT2D eigenvalue weighted by Crippen LogP contribution is 1.90. The minimum absolute atomic E-state index is 0.537. The second-order valence-corrected chi connectivity index (χ2v) is 2.01. The lowest BCUT2D eigenvalue weighted by molar-refractivity contribution is 0.444. The Bertz CT molecular complexity index is 145. The molecule has 0 amide bonds. The molecule has 50 valence electrons. The van der Waals surface area contributed by atoms with Gasteiger partial charge in [-0.25, -0.2) is 4.79 Å². The van der Waals surface area contributed by atoms with Crippen molar-refractivity contribution in [3.8, 4) is 0 Å². The maximum Gasteiger partial charge on any atom is 0.240 e.